The molecule has 0 aromatic heterocycles. The van der Waals surface area contributed by atoms with E-state index in [-0.39, 0.29) is 22.6 Å². The van der Waals surface area contributed by atoms with Crippen LogP contribution in [0.4, 0.5) is 5.69 Å². The molecule has 0 bridgehead atoms. The van der Waals surface area contributed by atoms with Crippen molar-refractivity contribution in [3.63, 3.8) is 0 Å². The summed E-state index contributed by atoms with van der Waals surface area (Å²) in [6, 6.07) is 10.2. The summed E-state index contributed by atoms with van der Waals surface area (Å²) >= 11 is 3.45. The summed E-state index contributed by atoms with van der Waals surface area (Å²) in [6.45, 7) is 1.97. The number of hydrogen-bond donors (Lipinski definition) is 1. The Kier molecular flexibility index (Phi) is 5.09. The number of nitrogens with one attached hydrogen (secondary N) is 1. The summed E-state index contributed by atoms with van der Waals surface area (Å²) < 4.78 is 32.9. The van der Waals surface area contributed by atoms with Crippen LogP contribution in [-0.4, -0.2) is 34.5 Å². The van der Waals surface area contributed by atoms with Gasteiger partial charge in [-0.2, -0.15) is 0 Å². The summed E-state index contributed by atoms with van der Waals surface area (Å²) in [6.07, 6.45) is 0.748. The topological polar surface area (TPSA) is 75.7 Å². The number of methoxy groups -OCH3 is 1. The van der Waals surface area contributed by atoms with Crippen LogP contribution in [0.15, 0.2) is 45.8 Å². The van der Waals surface area contributed by atoms with E-state index in [1.165, 1.54) is 26.3 Å². The molecular weight excluding hydrogens is 420 g/mol. The molecule has 2 aromatic rings. The van der Waals surface area contributed by atoms with Gasteiger partial charge in [0.15, 0.2) is 0 Å². The Morgan fingerprint density at radius 3 is 2.65 bits per heavy atom. The third-order valence-corrected chi connectivity index (χ3v) is 6.37. The summed E-state index contributed by atoms with van der Waals surface area (Å²) in [5.41, 5.74) is 2.22. The molecule has 0 fully saturated rings. The van der Waals surface area contributed by atoms with E-state index in [0.29, 0.717) is 5.56 Å². The van der Waals surface area contributed by atoms with Gasteiger partial charge in [0.1, 0.15) is 10.6 Å². The molecule has 6 nitrogen and oxygen atoms in total. The van der Waals surface area contributed by atoms with Crippen molar-refractivity contribution < 1.29 is 17.9 Å². The van der Waals surface area contributed by atoms with E-state index >= 15 is 0 Å². The molecule has 1 amide bonds. The first-order valence-corrected chi connectivity index (χ1v) is 10.3. The lowest BCUT2D eigenvalue weighted by molar-refractivity contribution is 0.0981. The monoisotopic (exact) mass is 438 g/mol. The van der Waals surface area contributed by atoms with Crippen LogP contribution in [0, 0.1) is 0 Å². The normalized spacial score (nSPS) is 16.5. The zero-order valence-corrected chi connectivity index (χ0v) is 17.0. The van der Waals surface area contributed by atoms with Crippen molar-refractivity contribution >= 4 is 37.5 Å². The molecule has 0 unspecified atom stereocenters. The number of fused-ring (bicyclic) bond motifs is 1. The molecule has 0 saturated heterocycles. The third kappa shape index (κ3) is 3.24. The van der Waals surface area contributed by atoms with E-state index in [0.717, 1.165) is 22.1 Å². The van der Waals surface area contributed by atoms with Crippen molar-refractivity contribution in [3.05, 3.63) is 52.0 Å². The average Bonchev–Trinajstić information content (AvgIpc) is 2.95. The first-order chi connectivity index (χ1) is 12.3. The van der Waals surface area contributed by atoms with Gasteiger partial charge in [-0.15, -0.1) is 0 Å². The van der Waals surface area contributed by atoms with Gasteiger partial charge in [0.2, 0.25) is 10.0 Å². The molecule has 0 radical (unpaired) electrons. The molecule has 1 heterocycles. The molecule has 1 N–H and O–H groups in total. The van der Waals surface area contributed by atoms with Gasteiger partial charge in [0.25, 0.3) is 5.91 Å². The molecule has 138 valence electrons. The van der Waals surface area contributed by atoms with Crippen molar-refractivity contribution in [2.75, 3.05) is 19.1 Å². The first kappa shape index (κ1) is 18.9. The predicted octanol–water partition coefficient (Wildman–Crippen LogP) is 2.96. The highest BCUT2D eigenvalue weighted by Crippen LogP contribution is 2.36. The van der Waals surface area contributed by atoms with E-state index in [1.807, 2.05) is 25.1 Å². The van der Waals surface area contributed by atoms with Crippen molar-refractivity contribution in [1.82, 2.24) is 4.72 Å². The molecule has 0 spiro atoms. The van der Waals surface area contributed by atoms with Gasteiger partial charge in [-0.05, 0) is 62.4 Å². The van der Waals surface area contributed by atoms with Gasteiger partial charge in [-0.1, -0.05) is 15.9 Å². The summed E-state index contributed by atoms with van der Waals surface area (Å²) in [5, 5.41) is 0. The fraction of sp³-hybridized carbons (Fsp3) is 0.278. The first-order valence-electron chi connectivity index (χ1n) is 8.02. The van der Waals surface area contributed by atoms with Gasteiger partial charge >= 0.3 is 0 Å². The molecule has 1 aliphatic rings. The number of carbonyl (C=O) groups excluding carboxylic acids is 1. The van der Waals surface area contributed by atoms with E-state index < -0.39 is 10.0 Å². The number of benzene rings is 2. The Labute approximate surface area is 161 Å². The number of anilines is 1. The Morgan fingerprint density at radius 2 is 2.00 bits per heavy atom. The molecule has 2 aromatic carbocycles. The number of halogens is 1. The smallest absolute Gasteiger partial charge is 0.258 e. The summed E-state index contributed by atoms with van der Waals surface area (Å²) in [4.78, 5) is 14.8. The van der Waals surface area contributed by atoms with E-state index in [1.54, 1.807) is 11.0 Å². The highest BCUT2D eigenvalue weighted by molar-refractivity contribution is 9.10. The minimum atomic E-state index is -3.75. The standard InChI is InChI=1S/C18H19BrN2O4S/c1-11-8-13-9-14(19)5-6-15(13)21(11)18(22)12-4-7-16(25-3)17(10-12)26(23,24)20-2/h4-7,9-11,20H,8H2,1-3H3/t11-/m0/s1. The number of carbonyl (C=O) groups is 1. The number of rotatable bonds is 4. The maximum absolute atomic E-state index is 13.1. The number of nitrogens with zero attached hydrogens (tertiary/aromatic N) is 1. The van der Waals surface area contributed by atoms with Gasteiger partial charge in [-0.3, -0.25) is 4.79 Å². The van der Waals surface area contributed by atoms with Gasteiger partial charge < -0.3 is 9.64 Å². The van der Waals surface area contributed by atoms with Gasteiger partial charge in [-0.25, -0.2) is 13.1 Å². The van der Waals surface area contributed by atoms with Crippen LogP contribution in [0.5, 0.6) is 5.75 Å². The molecule has 3 rings (SSSR count). The Hall–Kier alpha value is -1.90. The third-order valence-electron chi connectivity index (χ3n) is 4.44. The molecule has 0 saturated carbocycles. The quantitative estimate of drug-likeness (QED) is 0.795. The lowest BCUT2D eigenvalue weighted by Crippen LogP contribution is -2.35. The van der Waals surface area contributed by atoms with Crippen molar-refractivity contribution in [2.24, 2.45) is 0 Å². The van der Waals surface area contributed by atoms with Crippen molar-refractivity contribution in [3.8, 4) is 5.75 Å². The summed E-state index contributed by atoms with van der Waals surface area (Å²) in [5.74, 6) is -0.0523. The molecule has 8 heteroatoms. The second-order valence-electron chi connectivity index (χ2n) is 6.07. The maximum atomic E-state index is 13.1. The minimum absolute atomic E-state index is 0.0155. The van der Waals surface area contributed by atoms with Crippen LogP contribution in [0.3, 0.4) is 0 Å². The highest BCUT2D eigenvalue weighted by Gasteiger charge is 2.32. The Balaban J connectivity index is 2.05. The molecule has 1 atom stereocenters. The molecule has 26 heavy (non-hydrogen) atoms. The van der Waals surface area contributed by atoms with Gasteiger partial charge in [0, 0.05) is 21.8 Å². The zero-order chi connectivity index (χ0) is 19.1. The fourth-order valence-electron chi connectivity index (χ4n) is 3.18. The minimum Gasteiger partial charge on any atom is -0.495 e. The summed E-state index contributed by atoms with van der Waals surface area (Å²) in [7, 11) is -1.04. The second kappa shape index (κ2) is 7.02. The van der Waals surface area contributed by atoms with Crippen LogP contribution in [0.1, 0.15) is 22.8 Å². The largest absolute Gasteiger partial charge is 0.495 e. The molecule has 1 aliphatic heterocycles. The Morgan fingerprint density at radius 1 is 1.27 bits per heavy atom. The Bertz CT molecular complexity index is 975. The lowest BCUT2D eigenvalue weighted by atomic mass is 10.1. The fourth-order valence-corrected chi connectivity index (χ4v) is 4.50. The highest BCUT2D eigenvalue weighted by atomic mass is 79.9. The van der Waals surface area contributed by atoms with E-state index in [4.69, 9.17) is 4.74 Å². The average molecular weight is 439 g/mol. The van der Waals surface area contributed by atoms with Crippen LogP contribution >= 0.6 is 15.9 Å². The second-order valence-corrected chi connectivity index (χ2v) is 8.85. The lowest BCUT2D eigenvalue weighted by Gasteiger charge is -2.23. The van der Waals surface area contributed by atoms with E-state index in [9.17, 15) is 13.2 Å². The number of hydrogen-bond acceptors (Lipinski definition) is 4. The van der Waals surface area contributed by atoms with Gasteiger partial charge in [0.05, 0.1) is 7.11 Å². The van der Waals surface area contributed by atoms with Crippen molar-refractivity contribution in [1.29, 1.82) is 0 Å². The van der Waals surface area contributed by atoms with Crippen LogP contribution in [0.25, 0.3) is 0 Å². The maximum Gasteiger partial charge on any atom is 0.258 e. The SMILES string of the molecule is CNS(=O)(=O)c1cc(C(=O)N2c3ccc(Br)cc3C[C@@H]2C)ccc1OC. The predicted molar refractivity (Wildman–Crippen MR) is 103 cm³/mol. The zero-order valence-electron chi connectivity index (χ0n) is 14.6. The molecule has 0 aliphatic carbocycles. The number of amides is 1. The number of sulfonamides is 1. The molecular formula is C18H19BrN2O4S. The van der Waals surface area contributed by atoms with Crippen molar-refractivity contribution in [2.45, 2.75) is 24.3 Å². The van der Waals surface area contributed by atoms with Crippen LogP contribution < -0.4 is 14.4 Å². The van der Waals surface area contributed by atoms with Crippen LogP contribution in [-0.2, 0) is 16.4 Å². The number of ether oxygens (including phenoxy) is 1. The van der Waals surface area contributed by atoms with Crippen LogP contribution in [0.2, 0.25) is 0 Å². The van der Waals surface area contributed by atoms with E-state index in [2.05, 4.69) is 20.7 Å².